The molecule has 0 aromatic heterocycles. The van der Waals surface area contributed by atoms with Crippen molar-refractivity contribution in [1.29, 1.82) is 0 Å². The molecule has 1 aliphatic rings. The van der Waals surface area contributed by atoms with Gasteiger partial charge in [0, 0.05) is 17.8 Å². The number of anilines is 1. The number of benzene rings is 1. The number of hydrogen-bond donors (Lipinski definition) is 1. The molecule has 0 amide bonds. The Balaban J connectivity index is 2.36. The highest BCUT2D eigenvalue weighted by molar-refractivity contribution is 6.73. The molecule has 82 valence electrons. The first kappa shape index (κ1) is 10.4. The van der Waals surface area contributed by atoms with E-state index < -0.39 is 12.4 Å². The fourth-order valence-corrected chi connectivity index (χ4v) is 1.53. The Hall–Kier alpha value is -1.17. The van der Waals surface area contributed by atoms with Gasteiger partial charge in [0.2, 0.25) is 0 Å². The van der Waals surface area contributed by atoms with Gasteiger partial charge in [0.1, 0.15) is 0 Å². The molecule has 0 aliphatic carbocycles. The molecule has 1 aliphatic heterocycles. The first-order valence-electron chi connectivity index (χ1n) is 4.72. The second-order valence-corrected chi connectivity index (χ2v) is 3.47. The quantitative estimate of drug-likeness (QED) is 0.721. The number of fused-ring (bicyclic) bond motifs is 1. The number of hydrogen-bond acceptors (Lipinski definition) is 2. The zero-order valence-corrected chi connectivity index (χ0v) is 7.97. The van der Waals surface area contributed by atoms with Gasteiger partial charge in [-0.15, -0.1) is 5.46 Å². The summed E-state index contributed by atoms with van der Waals surface area (Å²) in [6.45, 7) is -3.49. The molecule has 2 nitrogen and oxygen atoms in total. The molecule has 0 bridgehead atoms. The Morgan fingerprint density at radius 3 is 2.80 bits per heavy atom. The topological polar surface area (TPSA) is 21.3 Å². The predicted octanol–water partition coefficient (Wildman–Crippen LogP) is 1.68. The summed E-state index contributed by atoms with van der Waals surface area (Å²) < 4.78 is 42.6. The van der Waals surface area contributed by atoms with Gasteiger partial charge < -0.3 is 23.0 Å². The molecule has 0 saturated carbocycles. The van der Waals surface area contributed by atoms with Crippen LogP contribution in [0.1, 0.15) is 5.56 Å². The van der Waals surface area contributed by atoms with Gasteiger partial charge in [0.05, 0.1) is 13.2 Å². The fourth-order valence-electron chi connectivity index (χ4n) is 1.53. The minimum atomic E-state index is -4.92. The van der Waals surface area contributed by atoms with E-state index in [1.54, 1.807) is 0 Å². The molecule has 0 unspecified atom stereocenters. The second kappa shape index (κ2) is 3.77. The molecule has 1 aromatic rings. The third kappa shape index (κ3) is 2.26. The molecule has 15 heavy (non-hydrogen) atoms. The lowest BCUT2D eigenvalue weighted by molar-refractivity contribution is 0.135. The number of ether oxygens (including phenoxy) is 1. The molecule has 6 heteroatoms. The minimum Gasteiger partial charge on any atom is -0.445 e. The molecule has 0 saturated heterocycles. The molecule has 0 atom stereocenters. The van der Waals surface area contributed by atoms with E-state index in [1.807, 2.05) is 0 Å². The number of nitrogens with one attached hydrogen (secondary N) is 1. The highest BCUT2D eigenvalue weighted by Crippen LogP contribution is 2.20. The zero-order valence-electron chi connectivity index (χ0n) is 7.97. The van der Waals surface area contributed by atoms with Crippen molar-refractivity contribution in [3.63, 3.8) is 0 Å². The lowest BCUT2D eigenvalue weighted by Gasteiger charge is -2.17. The first-order valence-corrected chi connectivity index (χ1v) is 4.72. The van der Waals surface area contributed by atoms with Crippen molar-refractivity contribution >= 4 is 18.1 Å². The van der Waals surface area contributed by atoms with E-state index in [0.29, 0.717) is 25.4 Å². The van der Waals surface area contributed by atoms with Crippen LogP contribution in [0.2, 0.25) is 0 Å². The maximum atomic E-state index is 12.5. The normalized spacial score (nSPS) is 16.5. The second-order valence-electron chi connectivity index (χ2n) is 3.47. The van der Waals surface area contributed by atoms with Crippen molar-refractivity contribution in [2.45, 2.75) is 6.61 Å². The van der Waals surface area contributed by atoms with Gasteiger partial charge in [0.25, 0.3) is 0 Å². The van der Waals surface area contributed by atoms with Gasteiger partial charge in [-0.25, -0.2) is 0 Å². The lowest BCUT2D eigenvalue weighted by atomic mass is 9.79. The van der Waals surface area contributed by atoms with Gasteiger partial charge in [-0.2, -0.15) is 0 Å². The Kier molecular flexibility index (Phi) is 2.60. The van der Waals surface area contributed by atoms with Crippen LogP contribution < -0.4 is 10.8 Å². The first-order chi connectivity index (χ1) is 7.07. The average molecular weight is 216 g/mol. The summed E-state index contributed by atoms with van der Waals surface area (Å²) in [4.78, 5) is 0. The summed E-state index contributed by atoms with van der Waals surface area (Å²) in [5.74, 6) is 0. The average Bonchev–Trinajstić information content (AvgIpc) is 2.39. The predicted molar refractivity (Wildman–Crippen MR) is 53.3 cm³/mol. The SMILES string of the molecule is F[B-](F)(F)c1ccc2c(c1)NCCOC2. The zero-order chi connectivity index (χ0) is 10.9. The van der Waals surface area contributed by atoms with Crippen molar-refractivity contribution in [3.05, 3.63) is 23.8 Å². The molecule has 2 rings (SSSR count). The van der Waals surface area contributed by atoms with E-state index in [0.717, 1.165) is 17.7 Å². The van der Waals surface area contributed by atoms with Crippen LogP contribution in [-0.4, -0.2) is 20.1 Å². The Bertz CT molecular complexity index is 367. The standard InChI is InChI=1S/C9H10BF3NO/c11-10(12,13)8-2-1-7-6-15-4-3-14-9(7)5-8/h1-2,5,14H,3-4,6H2/q-1. The van der Waals surface area contributed by atoms with Crippen molar-refractivity contribution in [2.24, 2.45) is 0 Å². The van der Waals surface area contributed by atoms with Crippen LogP contribution in [-0.2, 0) is 11.3 Å². The lowest BCUT2D eigenvalue weighted by Crippen LogP contribution is -2.34. The number of rotatable bonds is 1. The Labute approximate surface area is 85.5 Å². The van der Waals surface area contributed by atoms with E-state index in [-0.39, 0.29) is 0 Å². The van der Waals surface area contributed by atoms with Crippen LogP contribution in [0.15, 0.2) is 18.2 Å². The van der Waals surface area contributed by atoms with Gasteiger partial charge in [-0.1, -0.05) is 18.2 Å². The monoisotopic (exact) mass is 216 g/mol. The van der Waals surface area contributed by atoms with Gasteiger partial charge >= 0.3 is 6.98 Å². The minimum absolute atomic E-state index is 0.369. The highest BCUT2D eigenvalue weighted by atomic mass is 19.4. The molecule has 1 N–H and O–H groups in total. The van der Waals surface area contributed by atoms with E-state index >= 15 is 0 Å². The largest absolute Gasteiger partial charge is 0.509 e. The highest BCUT2D eigenvalue weighted by Gasteiger charge is 2.26. The van der Waals surface area contributed by atoms with Crippen LogP contribution in [0.5, 0.6) is 0 Å². The molecule has 1 aromatic carbocycles. The smallest absolute Gasteiger partial charge is 0.445 e. The van der Waals surface area contributed by atoms with Gasteiger partial charge in [0.15, 0.2) is 0 Å². The van der Waals surface area contributed by atoms with Crippen LogP contribution in [0.4, 0.5) is 18.6 Å². The van der Waals surface area contributed by atoms with Crippen molar-refractivity contribution in [2.75, 3.05) is 18.5 Å². The maximum absolute atomic E-state index is 12.5. The molecule has 0 fully saturated rings. The molecule has 0 radical (unpaired) electrons. The molecule has 1 heterocycles. The summed E-state index contributed by atoms with van der Waals surface area (Å²) in [7, 11) is 0. The summed E-state index contributed by atoms with van der Waals surface area (Å²) >= 11 is 0. The van der Waals surface area contributed by atoms with Crippen molar-refractivity contribution in [3.8, 4) is 0 Å². The van der Waals surface area contributed by atoms with Crippen LogP contribution in [0.25, 0.3) is 0 Å². The molecular weight excluding hydrogens is 206 g/mol. The van der Waals surface area contributed by atoms with E-state index in [1.165, 1.54) is 6.07 Å². The van der Waals surface area contributed by atoms with Crippen LogP contribution in [0, 0.1) is 0 Å². The van der Waals surface area contributed by atoms with Crippen molar-refractivity contribution in [1.82, 2.24) is 0 Å². The van der Waals surface area contributed by atoms with E-state index in [4.69, 9.17) is 4.74 Å². The van der Waals surface area contributed by atoms with Crippen molar-refractivity contribution < 1.29 is 17.7 Å². The summed E-state index contributed by atoms with van der Waals surface area (Å²) in [6, 6.07) is 3.73. The summed E-state index contributed by atoms with van der Waals surface area (Å²) in [5, 5.41) is 2.92. The third-order valence-corrected chi connectivity index (χ3v) is 2.33. The summed E-state index contributed by atoms with van der Waals surface area (Å²) in [5.41, 5.74) is 0.739. The third-order valence-electron chi connectivity index (χ3n) is 2.33. The number of halogens is 3. The molecule has 0 spiro atoms. The maximum Gasteiger partial charge on any atom is 0.509 e. The fraction of sp³-hybridized carbons (Fsp3) is 0.333. The Morgan fingerprint density at radius 1 is 1.27 bits per heavy atom. The summed E-state index contributed by atoms with van der Waals surface area (Å²) in [6.07, 6.45) is 0. The van der Waals surface area contributed by atoms with Gasteiger partial charge in [-0.05, 0) is 0 Å². The van der Waals surface area contributed by atoms with Crippen LogP contribution >= 0.6 is 0 Å². The van der Waals surface area contributed by atoms with E-state index in [2.05, 4.69) is 5.32 Å². The van der Waals surface area contributed by atoms with E-state index in [9.17, 15) is 12.9 Å². The molecular formula is C9H10BF3NO-. The Morgan fingerprint density at radius 2 is 2.07 bits per heavy atom. The van der Waals surface area contributed by atoms with Gasteiger partial charge in [-0.3, -0.25) is 0 Å². The van der Waals surface area contributed by atoms with Crippen LogP contribution in [0.3, 0.4) is 0 Å².